The van der Waals surface area contributed by atoms with Gasteiger partial charge in [0.1, 0.15) is 6.61 Å². The molecular weight excluding hydrogens is 314 g/mol. The number of hydrogen-bond acceptors (Lipinski definition) is 5. The van der Waals surface area contributed by atoms with Crippen LogP contribution in [0.4, 0.5) is 26.3 Å². The van der Waals surface area contributed by atoms with Gasteiger partial charge in [-0.05, 0) is 13.8 Å². The van der Waals surface area contributed by atoms with Crippen molar-refractivity contribution in [1.82, 2.24) is 0 Å². The summed E-state index contributed by atoms with van der Waals surface area (Å²) in [6.07, 6.45) is -12.9. The monoisotopic (exact) mass is 326 g/mol. The second kappa shape index (κ2) is 7.48. The Bertz CT molecular complexity index is 362. The van der Waals surface area contributed by atoms with Gasteiger partial charge in [-0.3, -0.25) is 0 Å². The first-order valence-electron chi connectivity index (χ1n) is 5.47. The Balaban J connectivity index is 4.60. The topological polar surface area (TPSA) is 61.8 Å². The molecule has 1 unspecified atom stereocenters. The van der Waals surface area contributed by atoms with Crippen LogP contribution in [0.25, 0.3) is 0 Å². The van der Waals surface area contributed by atoms with Crippen molar-refractivity contribution in [3.63, 3.8) is 0 Å². The second-order valence-corrected chi connectivity index (χ2v) is 4.00. The van der Waals surface area contributed by atoms with Crippen LogP contribution in [0.5, 0.6) is 0 Å². The molecule has 0 spiro atoms. The van der Waals surface area contributed by atoms with E-state index in [2.05, 4.69) is 9.47 Å². The van der Waals surface area contributed by atoms with Gasteiger partial charge in [-0.1, -0.05) is 0 Å². The molecule has 5 nitrogen and oxygen atoms in total. The van der Waals surface area contributed by atoms with Gasteiger partial charge in [-0.15, -0.1) is 0 Å². The standard InChI is InChI=1S/C10H12F6O5/c1-5(2)19-3-6(21-8(18)10(14,15)16)4-20-7(17)9(11,12)13/h5-6H,3-4H2,1-2H3. The smallest absolute Gasteiger partial charge is 0.455 e. The summed E-state index contributed by atoms with van der Waals surface area (Å²) in [5.74, 6) is -5.23. The second-order valence-electron chi connectivity index (χ2n) is 4.00. The molecule has 0 amide bonds. The van der Waals surface area contributed by atoms with Gasteiger partial charge < -0.3 is 14.2 Å². The van der Waals surface area contributed by atoms with Gasteiger partial charge in [0, 0.05) is 0 Å². The van der Waals surface area contributed by atoms with Crippen LogP contribution in [-0.4, -0.2) is 49.7 Å². The van der Waals surface area contributed by atoms with Crippen molar-refractivity contribution in [2.24, 2.45) is 0 Å². The Morgan fingerprint density at radius 1 is 0.905 bits per heavy atom. The molecule has 0 N–H and O–H groups in total. The minimum absolute atomic E-state index is 0.490. The minimum Gasteiger partial charge on any atom is -0.455 e. The van der Waals surface area contributed by atoms with E-state index >= 15 is 0 Å². The predicted molar refractivity (Wildman–Crippen MR) is 54.0 cm³/mol. The molecule has 0 bridgehead atoms. The van der Waals surface area contributed by atoms with Gasteiger partial charge in [-0.2, -0.15) is 26.3 Å². The zero-order valence-electron chi connectivity index (χ0n) is 10.9. The molecule has 0 radical (unpaired) electrons. The molecule has 0 aliphatic heterocycles. The fourth-order valence-electron chi connectivity index (χ4n) is 0.885. The Morgan fingerprint density at radius 3 is 1.76 bits per heavy atom. The summed E-state index contributed by atoms with van der Waals surface area (Å²) in [5, 5.41) is 0. The number of carbonyl (C=O) groups excluding carboxylic acids is 2. The molecule has 0 aromatic rings. The molecule has 0 aromatic heterocycles. The first kappa shape index (κ1) is 19.5. The lowest BCUT2D eigenvalue weighted by Gasteiger charge is -2.20. The molecule has 1 atom stereocenters. The number of hydrogen-bond donors (Lipinski definition) is 0. The summed E-state index contributed by atoms with van der Waals surface area (Å²) in [6, 6.07) is 0. The normalized spacial score (nSPS) is 14.0. The maximum absolute atomic E-state index is 12.0. The van der Waals surface area contributed by atoms with E-state index in [0.29, 0.717) is 0 Å². The molecule has 0 saturated heterocycles. The maximum atomic E-state index is 12.0. The average molecular weight is 326 g/mol. The van der Waals surface area contributed by atoms with Crippen LogP contribution in [0.15, 0.2) is 0 Å². The maximum Gasteiger partial charge on any atom is 0.490 e. The Morgan fingerprint density at radius 2 is 1.38 bits per heavy atom. The average Bonchev–Trinajstić information content (AvgIpc) is 2.29. The van der Waals surface area contributed by atoms with Crippen molar-refractivity contribution in [3.8, 4) is 0 Å². The summed E-state index contributed by atoms with van der Waals surface area (Å²) >= 11 is 0. The third-order valence-corrected chi connectivity index (χ3v) is 1.75. The summed E-state index contributed by atoms with van der Waals surface area (Å²) in [6.45, 7) is 1.10. The van der Waals surface area contributed by atoms with Crippen molar-refractivity contribution in [2.45, 2.75) is 38.4 Å². The van der Waals surface area contributed by atoms with E-state index in [1.807, 2.05) is 0 Å². The van der Waals surface area contributed by atoms with E-state index in [0.717, 1.165) is 0 Å². The van der Waals surface area contributed by atoms with Crippen LogP contribution in [-0.2, 0) is 23.8 Å². The Hall–Kier alpha value is -1.52. The van der Waals surface area contributed by atoms with E-state index in [4.69, 9.17) is 4.74 Å². The predicted octanol–water partition coefficient (Wildman–Crippen LogP) is 1.99. The number of carbonyl (C=O) groups is 2. The van der Waals surface area contributed by atoms with Crippen molar-refractivity contribution >= 4 is 11.9 Å². The van der Waals surface area contributed by atoms with Crippen molar-refractivity contribution in [2.75, 3.05) is 13.2 Å². The van der Waals surface area contributed by atoms with Gasteiger partial charge in [0.2, 0.25) is 0 Å². The van der Waals surface area contributed by atoms with E-state index in [9.17, 15) is 35.9 Å². The van der Waals surface area contributed by atoms with Gasteiger partial charge in [0.15, 0.2) is 6.10 Å². The van der Waals surface area contributed by atoms with E-state index in [-0.39, 0.29) is 0 Å². The third-order valence-electron chi connectivity index (χ3n) is 1.75. The van der Waals surface area contributed by atoms with Crippen LogP contribution in [0.2, 0.25) is 0 Å². The van der Waals surface area contributed by atoms with Crippen LogP contribution in [0.3, 0.4) is 0 Å². The van der Waals surface area contributed by atoms with Crippen LogP contribution < -0.4 is 0 Å². The van der Waals surface area contributed by atoms with E-state index in [1.165, 1.54) is 13.8 Å². The van der Waals surface area contributed by atoms with Crippen LogP contribution in [0, 0.1) is 0 Å². The molecular formula is C10H12F6O5. The SMILES string of the molecule is CC(C)OCC(COC(=O)C(F)(F)F)OC(=O)C(F)(F)F. The zero-order valence-corrected chi connectivity index (χ0v) is 10.9. The summed E-state index contributed by atoms with van der Waals surface area (Å²) in [5.41, 5.74) is 0. The lowest BCUT2D eigenvalue weighted by molar-refractivity contribution is -0.216. The number of halogens is 6. The fraction of sp³-hybridized carbons (Fsp3) is 0.800. The molecule has 0 aromatic carbocycles. The number of esters is 2. The van der Waals surface area contributed by atoms with E-state index in [1.54, 1.807) is 0 Å². The summed E-state index contributed by atoms with van der Waals surface area (Å²) < 4.78 is 84.0. The largest absolute Gasteiger partial charge is 0.490 e. The first-order chi connectivity index (χ1) is 9.34. The zero-order chi connectivity index (χ0) is 16.8. The van der Waals surface area contributed by atoms with Crippen molar-refractivity contribution in [1.29, 1.82) is 0 Å². The lowest BCUT2D eigenvalue weighted by atomic mass is 10.4. The summed E-state index contributed by atoms with van der Waals surface area (Å²) in [7, 11) is 0. The third kappa shape index (κ3) is 8.38. The summed E-state index contributed by atoms with van der Waals surface area (Å²) in [4.78, 5) is 21.0. The molecule has 11 heteroatoms. The molecule has 0 rings (SSSR count). The van der Waals surface area contributed by atoms with Crippen molar-refractivity contribution in [3.05, 3.63) is 0 Å². The first-order valence-corrected chi connectivity index (χ1v) is 5.47. The highest BCUT2D eigenvalue weighted by molar-refractivity contribution is 5.76. The highest BCUT2D eigenvalue weighted by Crippen LogP contribution is 2.19. The number of ether oxygens (including phenoxy) is 3. The number of alkyl halides is 6. The van der Waals surface area contributed by atoms with Crippen molar-refractivity contribution < 1.29 is 50.1 Å². The molecule has 0 saturated carbocycles. The van der Waals surface area contributed by atoms with Gasteiger partial charge >= 0.3 is 24.3 Å². The van der Waals surface area contributed by atoms with E-state index < -0.39 is 49.7 Å². The minimum atomic E-state index is -5.33. The molecule has 21 heavy (non-hydrogen) atoms. The highest BCUT2D eigenvalue weighted by atomic mass is 19.4. The Labute approximate surface area is 115 Å². The molecule has 0 heterocycles. The van der Waals surface area contributed by atoms with Gasteiger partial charge in [-0.25, -0.2) is 9.59 Å². The Kier molecular flexibility index (Phi) is 6.94. The molecule has 0 aliphatic carbocycles. The fourth-order valence-corrected chi connectivity index (χ4v) is 0.885. The molecule has 0 aliphatic rings. The van der Waals surface area contributed by atoms with Crippen LogP contribution >= 0.6 is 0 Å². The van der Waals surface area contributed by atoms with Crippen LogP contribution in [0.1, 0.15) is 13.8 Å². The lowest BCUT2D eigenvalue weighted by Crippen LogP contribution is -2.37. The number of rotatable bonds is 6. The highest BCUT2D eigenvalue weighted by Gasteiger charge is 2.44. The molecule has 124 valence electrons. The van der Waals surface area contributed by atoms with Gasteiger partial charge in [0.25, 0.3) is 0 Å². The van der Waals surface area contributed by atoms with Gasteiger partial charge in [0.05, 0.1) is 12.7 Å². The quantitative estimate of drug-likeness (QED) is 0.552. The molecule has 0 fully saturated rings.